The molecule has 0 radical (unpaired) electrons. The van der Waals surface area contributed by atoms with Gasteiger partial charge in [0.15, 0.2) is 0 Å². The summed E-state index contributed by atoms with van der Waals surface area (Å²) in [6.45, 7) is 2.04. The highest BCUT2D eigenvalue weighted by Crippen LogP contribution is 2.43. The van der Waals surface area contributed by atoms with Gasteiger partial charge in [0.05, 0.1) is 72.1 Å². The summed E-state index contributed by atoms with van der Waals surface area (Å²) in [6, 6.07) is 27.0. The first-order chi connectivity index (χ1) is 24.4. The standard InChI is InChI=1S/C36H34Cl2N4O6S2/c37-27-13-7-17-39-35(27)49-33(25-9-3-1-4-10-25)29-23-41(19-21-45-29)47-31(43)15-16-32(44)48-42-20-22-46-30(24-42)34(26-11-5-2-6-12-26)50-36-28(38)14-8-18-40-36/h1-18,29-30,33-34H,19-24H2/b16-15+. The first-order valence-corrected chi connectivity index (χ1v) is 18.4. The van der Waals surface area contributed by atoms with Crippen molar-refractivity contribution in [2.45, 2.75) is 32.8 Å². The number of hydroxylamine groups is 4. The van der Waals surface area contributed by atoms with E-state index in [1.807, 2.05) is 60.7 Å². The minimum absolute atomic E-state index is 0.172. The van der Waals surface area contributed by atoms with Crippen LogP contribution in [0.15, 0.2) is 120 Å². The summed E-state index contributed by atoms with van der Waals surface area (Å²) < 4.78 is 12.3. The summed E-state index contributed by atoms with van der Waals surface area (Å²) in [6.07, 6.45) is 4.85. The molecule has 2 aromatic carbocycles. The van der Waals surface area contributed by atoms with E-state index in [1.165, 1.54) is 23.5 Å². The van der Waals surface area contributed by atoms with E-state index in [4.69, 9.17) is 42.4 Å². The van der Waals surface area contributed by atoms with E-state index in [2.05, 4.69) is 9.97 Å². The zero-order valence-electron chi connectivity index (χ0n) is 26.8. The van der Waals surface area contributed by atoms with E-state index in [-0.39, 0.29) is 22.7 Å². The number of aromatic nitrogens is 2. The van der Waals surface area contributed by atoms with Crippen LogP contribution in [0.3, 0.4) is 0 Å². The molecule has 0 N–H and O–H groups in total. The molecule has 2 saturated heterocycles. The largest absolute Gasteiger partial charge is 0.374 e. The maximum atomic E-state index is 12.8. The predicted molar refractivity (Wildman–Crippen MR) is 193 cm³/mol. The van der Waals surface area contributed by atoms with Gasteiger partial charge in [-0.2, -0.15) is 0 Å². The fraction of sp³-hybridized carbons (Fsp3) is 0.278. The molecular weight excluding hydrogens is 719 g/mol. The topological polar surface area (TPSA) is 103 Å². The van der Waals surface area contributed by atoms with Gasteiger partial charge >= 0.3 is 11.9 Å². The molecule has 4 aromatic rings. The second kappa shape index (κ2) is 18.2. The Balaban J connectivity index is 1.04. The van der Waals surface area contributed by atoms with E-state index < -0.39 is 11.9 Å². The van der Waals surface area contributed by atoms with Crippen molar-refractivity contribution in [1.82, 2.24) is 20.1 Å². The highest BCUT2D eigenvalue weighted by atomic mass is 35.5. The third-order valence-electron chi connectivity index (χ3n) is 7.76. The van der Waals surface area contributed by atoms with Crippen LogP contribution in [-0.2, 0) is 28.7 Å². The number of ether oxygens (including phenoxy) is 2. The predicted octanol–water partition coefficient (Wildman–Crippen LogP) is 7.02. The Morgan fingerprint density at radius 1 is 0.680 bits per heavy atom. The van der Waals surface area contributed by atoms with Crippen molar-refractivity contribution in [2.75, 3.05) is 39.4 Å². The first-order valence-electron chi connectivity index (χ1n) is 15.9. The van der Waals surface area contributed by atoms with E-state index >= 15 is 0 Å². The van der Waals surface area contributed by atoms with E-state index in [9.17, 15) is 9.59 Å². The molecule has 0 spiro atoms. The maximum absolute atomic E-state index is 12.8. The molecule has 4 unspecified atom stereocenters. The molecule has 10 nitrogen and oxygen atoms in total. The van der Waals surface area contributed by atoms with Crippen LogP contribution < -0.4 is 0 Å². The number of rotatable bonds is 12. The zero-order valence-corrected chi connectivity index (χ0v) is 29.9. The summed E-state index contributed by atoms with van der Waals surface area (Å²) >= 11 is 15.8. The summed E-state index contributed by atoms with van der Waals surface area (Å²) in [5, 5.41) is 5.21. The second-order valence-corrected chi connectivity index (χ2v) is 14.3. The van der Waals surface area contributed by atoms with E-state index in [1.54, 1.807) is 46.8 Å². The fourth-order valence-electron chi connectivity index (χ4n) is 5.44. The van der Waals surface area contributed by atoms with Gasteiger partial charge in [0.1, 0.15) is 10.1 Å². The molecule has 0 bridgehead atoms. The number of morpholine rings is 2. The van der Waals surface area contributed by atoms with E-state index in [0.717, 1.165) is 23.3 Å². The molecule has 2 aliphatic rings. The van der Waals surface area contributed by atoms with Crippen LogP contribution >= 0.6 is 46.7 Å². The molecule has 4 atom stereocenters. The molecule has 2 aromatic heterocycles. The molecule has 0 amide bonds. The van der Waals surface area contributed by atoms with Gasteiger partial charge < -0.3 is 19.1 Å². The summed E-state index contributed by atoms with van der Waals surface area (Å²) in [7, 11) is 0. The lowest BCUT2D eigenvalue weighted by Crippen LogP contribution is -2.45. The van der Waals surface area contributed by atoms with Crippen LogP contribution in [0.5, 0.6) is 0 Å². The molecule has 0 aliphatic carbocycles. The van der Waals surface area contributed by atoms with Crippen molar-refractivity contribution >= 4 is 58.7 Å². The summed E-state index contributed by atoms with van der Waals surface area (Å²) in [5.74, 6) is -1.40. The van der Waals surface area contributed by atoms with Crippen molar-refractivity contribution in [3.05, 3.63) is 131 Å². The van der Waals surface area contributed by atoms with Crippen LogP contribution in [0.25, 0.3) is 0 Å². The maximum Gasteiger partial charge on any atom is 0.349 e. The third kappa shape index (κ3) is 10.1. The lowest BCUT2D eigenvalue weighted by atomic mass is 10.1. The normalized spacial score (nSPS) is 19.9. The van der Waals surface area contributed by atoms with Gasteiger partial charge in [-0.3, -0.25) is 0 Å². The molecule has 6 rings (SSSR count). The van der Waals surface area contributed by atoms with Crippen molar-refractivity contribution in [1.29, 1.82) is 0 Å². The molecule has 14 heteroatoms. The summed E-state index contributed by atoms with van der Waals surface area (Å²) in [4.78, 5) is 45.7. The second-order valence-electron chi connectivity index (χ2n) is 11.2. The number of carbonyl (C=O) groups excluding carboxylic acids is 2. The van der Waals surface area contributed by atoms with Gasteiger partial charge in [-0.05, 0) is 35.4 Å². The minimum atomic E-state index is -0.702. The minimum Gasteiger partial charge on any atom is -0.374 e. The Hall–Kier alpha value is -3.46. The highest BCUT2D eigenvalue weighted by molar-refractivity contribution is 7.99. The van der Waals surface area contributed by atoms with Gasteiger partial charge in [-0.25, -0.2) is 19.6 Å². The Morgan fingerprint density at radius 2 is 1.10 bits per heavy atom. The first kappa shape index (κ1) is 36.3. The molecule has 50 heavy (non-hydrogen) atoms. The molecule has 2 aliphatic heterocycles. The average molecular weight is 754 g/mol. The number of halogens is 2. The van der Waals surface area contributed by atoms with Crippen LogP contribution in [0.4, 0.5) is 0 Å². The van der Waals surface area contributed by atoms with Crippen molar-refractivity contribution < 1.29 is 28.7 Å². The van der Waals surface area contributed by atoms with Gasteiger partial charge in [-0.1, -0.05) is 107 Å². The van der Waals surface area contributed by atoms with Crippen LogP contribution in [-0.4, -0.2) is 83.6 Å². The molecule has 2 fully saturated rings. The number of carbonyl (C=O) groups is 2. The number of thioether (sulfide) groups is 2. The number of hydrogen-bond acceptors (Lipinski definition) is 12. The molecule has 260 valence electrons. The number of benzene rings is 2. The molecular formula is C36H34Cl2N4O6S2. The highest BCUT2D eigenvalue weighted by Gasteiger charge is 2.34. The Bertz CT molecular complexity index is 1630. The zero-order chi connectivity index (χ0) is 34.7. The number of hydrogen-bond donors (Lipinski definition) is 0. The van der Waals surface area contributed by atoms with Gasteiger partial charge in [0.25, 0.3) is 0 Å². The van der Waals surface area contributed by atoms with Crippen molar-refractivity contribution in [3.8, 4) is 0 Å². The van der Waals surface area contributed by atoms with Crippen molar-refractivity contribution in [3.63, 3.8) is 0 Å². The lowest BCUT2D eigenvalue weighted by Gasteiger charge is -2.35. The monoisotopic (exact) mass is 752 g/mol. The smallest absolute Gasteiger partial charge is 0.349 e. The lowest BCUT2D eigenvalue weighted by molar-refractivity contribution is -0.212. The Morgan fingerprint density at radius 3 is 1.50 bits per heavy atom. The molecule has 4 heterocycles. The Kier molecular flexibility index (Phi) is 13.2. The average Bonchev–Trinajstić information content (AvgIpc) is 3.14. The molecule has 0 saturated carbocycles. The van der Waals surface area contributed by atoms with Crippen molar-refractivity contribution in [2.24, 2.45) is 0 Å². The van der Waals surface area contributed by atoms with Crippen LogP contribution in [0.1, 0.15) is 21.6 Å². The quantitative estimate of drug-likeness (QED) is 0.110. The number of nitrogens with zero attached hydrogens (tertiary/aromatic N) is 4. The number of pyridine rings is 2. The Labute approximate surface area is 309 Å². The van der Waals surface area contributed by atoms with Crippen LogP contribution in [0.2, 0.25) is 10.0 Å². The summed E-state index contributed by atoms with van der Waals surface area (Å²) in [5.41, 5.74) is 2.05. The van der Waals surface area contributed by atoms with E-state index in [0.29, 0.717) is 59.5 Å². The van der Waals surface area contributed by atoms with Gasteiger partial charge in [-0.15, -0.1) is 10.1 Å². The third-order valence-corrected chi connectivity index (χ3v) is 11.4. The van der Waals surface area contributed by atoms with Gasteiger partial charge in [0.2, 0.25) is 0 Å². The van der Waals surface area contributed by atoms with Gasteiger partial charge in [0, 0.05) is 24.5 Å². The fourth-order valence-corrected chi connectivity index (χ4v) is 8.26. The SMILES string of the molecule is O=C(/C=C/C(=O)ON1CCOC(C(Sc2ncccc2Cl)c2ccccc2)C1)ON1CCOC(C(Sc2ncccc2Cl)c2ccccc2)C1. The van der Waals surface area contributed by atoms with Crippen LogP contribution in [0, 0.1) is 0 Å².